The minimum absolute atomic E-state index is 0.280. The van der Waals surface area contributed by atoms with E-state index in [1.165, 1.54) is 6.26 Å². The van der Waals surface area contributed by atoms with Gasteiger partial charge in [0.15, 0.2) is 5.71 Å². The summed E-state index contributed by atoms with van der Waals surface area (Å²) in [5.74, 6) is -2.31. The summed E-state index contributed by atoms with van der Waals surface area (Å²) in [4.78, 5) is 25.3. The van der Waals surface area contributed by atoms with Crippen LogP contribution in [0, 0.1) is 0 Å². The Morgan fingerprint density at radius 2 is 1.59 bits per heavy atom. The SMILES string of the molecule is CCc1cc(CC)c(C(=O)C(=O)N(C)/N=C(\CSC)C(F)(F)F)c(CC)c1. The van der Waals surface area contributed by atoms with Crippen molar-refractivity contribution >= 4 is 29.2 Å². The van der Waals surface area contributed by atoms with Crippen LogP contribution in [0.4, 0.5) is 13.2 Å². The van der Waals surface area contributed by atoms with Crippen LogP contribution in [0.5, 0.6) is 0 Å². The lowest BCUT2D eigenvalue weighted by molar-refractivity contribution is -0.125. The van der Waals surface area contributed by atoms with Crippen molar-refractivity contribution in [2.75, 3.05) is 19.1 Å². The quantitative estimate of drug-likeness (QED) is 0.282. The second kappa shape index (κ2) is 9.92. The summed E-state index contributed by atoms with van der Waals surface area (Å²) in [6, 6.07) is 3.75. The van der Waals surface area contributed by atoms with Crippen LogP contribution in [0.15, 0.2) is 17.2 Å². The zero-order valence-electron chi connectivity index (χ0n) is 16.2. The molecule has 1 amide bonds. The molecule has 0 saturated carbocycles. The van der Waals surface area contributed by atoms with Crippen molar-refractivity contribution in [3.63, 3.8) is 0 Å². The number of ketones is 1. The minimum atomic E-state index is -4.66. The van der Waals surface area contributed by atoms with Gasteiger partial charge in [0, 0.05) is 18.4 Å². The van der Waals surface area contributed by atoms with E-state index in [9.17, 15) is 22.8 Å². The van der Waals surface area contributed by atoms with Gasteiger partial charge in [-0.3, -0.25) is 9.59 Å². The maximum Gasteiger partial charge on any atom is 0.432 e. The summed E-state index contributed by atoms with van der Waals surface area (Å²) in [5.41, 5.74) is 1.68. The van der Waals surface area contributed by atoms with E-state index in [0.29, 0.717) is 17.9 Å². The molecule has 0 atom stereocenters. The van der Waals surface area contributed by atoms with E-state index >= 15 is 0 Å². The Balaban J connectivity index is 3.31. The van der Waals surface area contributed by atoms with Crippen LogP contribution in [0.2, 0.25) is 0 Å². The number of alkyl halides is 3. The van der Waals surface area contributed by atoms with Crippen molar-refractivity contribution in [2.24, 2.45) is 5.10 Å². The monoisotopic (exact) mass is 402 g/mol. The van der Waals surface area contributed by atoms with Crippen LogP contribution in [-0.2, 0) is 24.1 Å². The molecule has 0 aliphatic heterocycles. The van der Waals surface area contributed by atoms with Gasteiger partial charge < -0.3 is 0 Å². The summed E-state index contributed by atoms with van der Waals surface area (Å²) in [6.07, 6.45) is -1.28. The van der Waals surface area contributed by atoms with Crippen LogP contribution in [0.25, 0.3) is 0 Å². The Morgan fingerprint density at radius 1 is 1.07 bits per heavy atom. The average molecular weight is 402 g/mol. The van der Waals surface area contributed by atoms with Gasteiger partial charge in [0.1, 0.15) is 0 Å². The number of carbonyl (C=O) groups is 2. The molecule has 1 aromatic rings. The molecule has 0 heterocycles. The molecular weight excluding hydrogens is 377 g/mol. The Labute approximate surface area is 162 Å². The standard InChI is InChI=1S/C19H25F3N2O2S/c1-6-12-9-13(7-2)16(14(8-3)10-12)17(25)18(26)24(4)23-15(11-27-5)19(20,21)22/h9-10H,6-8,11H2,1-5H3/b23-15+. The molecule has 0 spiro atoms. The molecular formula is C19H25F3N2O2S. The van der Waals surface area contributed by atoms with Crippen molar-refractivity contribution in [1.29, 1.82) is 0 Å². The van der Waals surface area contributed by atoms with E-state index in [4.69, 9.17) is 0 Å². The highest BCUT2D eigenvalue weighted by atomic mass is 32.2. The third-order valence-electron chi connectivity index (χ3n) is 4.13. The van der Waals surface area contributed by atoms with Crippen LogP contribution < -0.4 is 0 Å². The molecule has 0 bridgehead atoms. The summed E-state index contributed by atoms with van der Waals surface area (Å²) < 4.78 is 39.0. The normalized spacial score (nSPS) is 12.2. The highest BCUT2D eigenvalue weighted by Crippen LogP contribution is 2.23. The molecule has 0 aliphatic carbocycles. The molecule has 0 aliphatic rings. The molecule has 150 valence electrons. The maximum absolute atomic E-state index is 13.0. The number of benzene rings is 1. The number of hydrogen-bond donors (Lipinski definition) is 0. The highest BCUT2D eigenvalue weighted by Gasteiger charge is 2.36. The molecule has 0 saturated heterocycles. The molecule has 27 heavy (non-hydrogen) atoms. The van der Waals surface area contributed by atoms with Crippen LogP contribution in [-0.4, -0.2) is 47.6 Å². The van der Waals surface area contributed by atoms with E-state index in [2.05, 4.69) is 5.10 Å². The largest absolute Gasteiger partial charge is 0.432 e. The lowest BCUT2D eigenvalue weighted by Gasteiger charge is -2.18. The number of hydrogen-bond acceptors (Lipinski definition) is 4. The lowest BCUT2D eigenvalue weighted by atomic mass is 9.91. The number of halogens is 3. The fraction of sp³-hybridized carbons (Fsp3) is 0.526. The molecule has 4 nitrogen and oxygen atoms in total. The second-order valence-electron chi connectivity index (χ2n) is 5.99. The highest BCUT2D eigenvalue weighted by molar-refractivity contribution is 7.99. The first-order chi connectivity index (χ1) is 12.6. The van der Waals surface area contributed by atoms with Crippen molar-refractivity contribution < 1.29 is 22.8 Å². The Hall–Kier alpha value is -1.83. The molecule has 1 rings (SSSR count). The summed E-state index contributed by atoms with van der Waals surface area (Å²) >= 11 is 0.938. The zero-order chi connectivity index (χ0) is 20.8. The van der Waals surface area contributed by atoms with Gasteiger partial charge >= 0.3 is 12.1 Å². The average Bonchev–Trinajstić information content (AvgIpc) is 2.64. The number of carbonyl (C=O) groups excluding carboxylic acids is 2. The Kier molecular flexibility index (Phi) is 8.53. The minimum Gasteiger partial charge on any atom is -0.283 e. The zero-order valence-corrected chi connectivity index (χ0v) is 17.1. The van der Waals surface area contributed by atoms with Crippen LogP contribution in [0.1, 0.15) is 47.8 Å². The third kappa shape index (κ3) is 5.82. The van der Waals surface area contributed by atoms with Gasteiger partial charge in [-0.15, -0.1) is 0 Å². The van der Waals surface area contributed by atoms with Crippen LogP contribution >= 0.6 is 11.8 Å². The number of hydrazone groups is 1. The van der Waals surface area contributed by atoms with Crippen molar-refractivity contribution in [1.82, 2.24) is 5.01 Å². The first kappa shape index (κ1) is 23.2. The fourth-order valence-electron chi connectivity index (χ4n) is 2.68. The van der Waals surface area contributed by atoms with E-state index < -0.39 is 29.3 Å². The number of Topliss-reactive ketones (excluding diaryl/α,β-unsaturated/α-hetero) is 1. The predicted octanol–water partition coefficient (Wildman–Crippen LogP) is 4.30. The van der Waals surface area contributed by atoms with Crippen molar-refractivity contribution in [3.05, 3.63) is 34.4 Å². The molecule has 1 aromatic carbocycles. The molecule has 8 heteroatoms. The molecule has 0 aromatic heterocycles. The number of thioether (sulfide) groups is 1. The van der Waals surface area contributed by atoms with E-state index in [1.54, 1.807) is 0 Å². The second-order valence-corrected chi connectivity index (χ2v) is 6.85. The summed E-state index contributed by atoms with van der Waals surface area (Å²) in [5, 5.41) is 3.86. The van der Waals surface area contributed by atoms with Crippen LogP contribution in [0.3, 0.4) is 0 Å². The van der Waals surface area contributed by atoms with Gasteiger partial charge in [0.2, 0.25) is 0 Å². The molecule has 0 fully saturated rings. The van der Waals surface area contributed by atoms with Gasteiger partial charge in [-0.2, -0.15) is 30.0 Å². The Bertz CT molecular complexity index is 705. The number of nitrogens with zero attached hydrogens (tertiary/aromatic N) is 2. The number of likely N-dealkylation sites (N-methyl/N-ethyl adjacent to an activating group) is 1. The first-order valence-electron chi connectivity index (χ1n) is 8.71. The van der Waals surface area contributed by atoms with Gasteiger partial charge in [-0.05, 0) is 42.2 Å². The van der Waals surface area contributed by atoms with E-state index in [1.807, 2.05) is 32.9 Å². The maximum atomic E-state index is 13.0. The lowest BCUT2D eigenvalue weighted by Crippen LogP contribution is -2.35. The summed E-state index contributed by atoms with van der Waals surface area (Å²) in [6.45, 7) is 5.74. The fourth-order valence-corrected chi connectivity index (χ4v) is 3.17. The summed E-state index contributed by atoms with van der Waals surface area (Å²) in [7, 11) is 1.07. The van der Waals surface area contributed by atoms with E-state index in [-0.39, 0.29) is 5.56 Å². The third-order valence-corrected chi connectivity index (χ3v) is 4.69. The predicted molar refractivity (Wildman–Crippen MR) is 104 cm³/mol. The van der Waals surface area contributed by atoms with Gasteiger partial charge in [-0.1, -0.05) is 32.9 Å². The number of rotatable bonds is 8. The van der Waals surface area contributed by atoms with Crippen molar-refractivity contribution in [2.45, 2.75) is 46.2 Å². The molecule has 0 N–H and O–H groups in total. The first-order valence-corrected chi connectivity index (χ1v) is 10.1. The van der Waals surface area contributed by atoms with Crippen molar-refractivity contribution in [3.8, 4) is 0 Å². The van der Waals surface area contributed by atoms with Gasteiger partial charge in [0.05, 0.1) is 0 Å². The topological polar surface area (TPSA) is 49.7 Å². The molecule has 0 radical (unpaired) electrons. The smallest absolute Gasteiger partial charge is 0.283 e. The van der Waals surface area contributed by atoms with Gasteiger partial charge in [-0.25, -0.2) is 5.01 Å². The van der Waals surface area contributed by atoms with Gasteiger partial charge in [0.25, 0.3) is 5.78 Å². The number of amides is 1. The van der Waals surface area contributed by atoms with E-state index in [0.717, 1.165) is 41.9 Å². The Morgan fingerprint density at radius 3 is 1.96 bits per heavy atom. The number of aryl methyl sites for hydroxylation is 3. The molecule has 0 unspecified atom stereocenters.